The number of carboxylic acid groups (broad SMARTS) is 1. The molecule has 0 saturated heterocycles. The summed E-state index contributed by atoms with van der Waals surface area (Å²) >= 11 is 0. The van der Waals surface area contributed by atoms with Crippen molar-refractivity contribution in [3.63, 3.8) is 0 Å². The molecule has 7 heteroatoms. The molecule has 0 saturated carbocycles. The van der Waals surface area contributed by atoms with E-state index in [9.17, 15) is 14.0 Å². The van der Waals surface area contributed by atoms with Crippen molar-refractivity contribution in [3.8, 4) is 11.5 Å². The summed E-state index contributed by atoms with van der Waals surface area (Å²) in [6, 6.07) is 7.39. The van der Waals surface area contributed by atoms with Crippen molar-refractivity contribution in [2.45, 2.75) is 0 Å². The molecular weight excluding hydrogens is 279 g/mol. The maximum absolute atomic E-state index is 13.6. The lowest BCUT2D eigenvalue weighted by Gasteiger charge is -2.10. The number of nitrogen functional groups attached to an aromatic ring is 1. The first-order valence-electron chi connectivity index (χ1n) is 5.78. The van der Waals surface area contributed by atoms with Crippen molar-refractivity contribution < 1.29 is 23.8 Å². The molecule has 1 amide bonds. The van der Waals surface area contributed by atoms with Crippen LogP contribution < -0.4 is 16.2 Å². The summed E-state index contributed by atoms with van der Waals surface area (Å²) in [6.45, 7) is 0. The standard InChI is InChI=1S/C14H11FN2O4/c15-11-6-8(2-4-9(11)13(17)18)21-12-5-7(16)1-3-10(12)14(19)20/h1-6H,16H2,(H2,17,18)(H,19,20). The van der Waals surface area contributed by atoms with Gasteiger partial charge >= 0.3 is 5.97 Å². The predicted molar refractivity (Wildman–Crippen MR) is 72.8 cm³/mol. The van der Waals surface area contributed by atoms with E-state index in [-0.39, 0.29) is 22.6 Å². The zero-order valence-electron chi connectivity index (χ0n) is 10.7. The van der Waals surface area contributed by atoms with Crippen LogP contribution in [0.5, 0.6) is 11.5 Å². The Morgan fingerprint density at radius 1 is 1.10 bits per heavy atom. The van der Waals surface area contributed by atoms with Crippen LogP contribution in [-0.2, 0) is 0 Å². The number of nitrogens with two attached hydrogens (primary N) is 2. The summed E-state index contributed by atoms with van der Waals surface area (Å²) < 4.78 is 18.9. The Kier molecular flexibility index (Phi) is 3.75. The Bertz CT molecular complexity index is 731. The Morgan fingerprint density at radius 2 is 1.76 bits per heavy atom. The molecule has 2 aromatic rings. The van der Waals surface area contributed by atoms with Gasteiger partial charge in [0, 0.05) is 17.8 Å². The second-order valence-electron chi connectivity index (χ2n) is 4.17. The molecule has 5 N–H and O–H groups in total. The van der Waals surface area contributed by atoms with E-state index in [1.54, 1.807) is 0 Å². The van der Waals surface area contributed by atoms with Crippen molar-refractivity contribution in [1.29, 1.82) is 0 Å². The van der Waals surface area contributed by atoms with Gasteiger partial charge in [-0.15, -0.1) is 0 Å². The fourth-order valence-electron chi connectivity index (χ4n) is 1.69. The van der Waals surface area contributed by atoms with E-state index in [0.717, 1.165) is 12.1 Å². The van der Waals surface area contributed by atoms with Gasteiger partial charge in [-0.2, -0.15) is 0 Å². The van der Waals surface area contributed by atoms with Crippen LogP contribution in [0.4, 0.5) is 10.1 Å². The van der Waals surface area contributed by atoms with Crippen molar-refractivity contribution >= 4 is 17.6 Å². The molecule has 0 atom stereocenters. The molecule has 2 rings (SSSR count). The molecule has 108 valence electrons. The molecule has 0 aliphatic rings. The predicted octanol–water partition coefficient (Wildman–Crippen LogP) is 2.00. The van der Waals surface area contributed by atoms with Gasteiger partial charge < -0.3 is 21.3 Å². The second-order valence-corrected chi connectivity index (χ2v) is 4.17. The SMILES string of the molecule is NC(=O)c1ccc(Oc2cc(N)ccc2C(=O)O)cc1F. The van der Waals surface area contributed by atoms with E-state index in [1.165, 1.54) is 24.3 Å². The first-order valence-corrected chi connectivity index (χ1v) is 5.78. The van der Waals surface area contributed by atoms with Crippen molar-refractivity contribution in [2.75, 3.05) is 5.73 Å². The van der Waals surface area contributed by atoms with E-state index < -0.39 is 17.7 Å². The highest BCUT2D eigenvalue weighted by molar-refractivity contribution is 5.93. The van der Waals surface area contributed by atoms with Gasteiger partial charge in [0.15, 0.2) is 0 Å². The number of amides is 1. The molecule has 2 aromatic carbocycles. The van der Waals surface area contributed by atoms with Gasteiger partial charge in [-0.3, -0.25) is 4.79 Å². The van der Waals surface area contributed by atoms with E-state index in [2.05, 4.69) is 0 Å². The number of anilines is 1. The number of primary amides is 1. The largest absolute Gasteiger partial charge is 0.478 e. The van der Waals surface area contributed by atoms with Gasteiger partial charge in [-0.1, -0.05) is 0 Å². The smallest absolute Gasteiger partial charge is 0.339 e. The molecule has 0 aliphatic carbocycles. The lowest BCUT2D eigenvalue weighted by atomic mass is 10.1. The Hall–Kier alpha value is -3.09. The molecule has 0 unspecified atom stereocenters. The first-order chi connectivity index (χ1) is 9.88. The summed E-state index contributed by atoms with van der Waals surface area (Å²) in [5, 5.41) is 9.05. The molecule has 0 heterocycles. The van der Waals surface area contributed by atoms with Crippen LogP contribution in [0.15, 0.2) is 36.4 Å². The van der Waals surface area contributed by atoms with E-state index in [1.807, 2.05) is 0 Å². The number of carbonyl (C=O) groups is 2. The number of hydrogen-bond donors (Lipinski definition) is 3. The van der Waals surface area contributed by atoms with Crippen molar-refractivity contribution in [2.24, 2.45) is 5.73 Å². The molecule has 6 nitrogen and oxygen atoms in total. The van der Waals surface area contributed by atoms with Crippen LogP contribution in [0.1, 0.15) is 20.7 Å². The summed E-state index contributed by atoms with van der Waals surface area (Å²) in [4.78, 5) is 22.0. The maximum atomic E-state index is 13.6. The number of rotatable bonds is 4. The lowest BCUT2D eigenvalue weighted by Crippen LogP contribution is -2.12. The number of aromatic carboxylic acids is 1. The molecule has 0 spiro atoms. The summed E-state index contributed by atoms with van der Waals surface area (Å²) in [6.07, 6.45) is 0. The first kappa shape index (κ1) is 14.3. The number of benzene rings is 2. The average Bonchev–Trinajstić information content (AvgIpc) is 2.37. The highest BCUT2D eigenvalue weighted by atomic mass is 19.1. The molecule has 0 aromatic heterocycles. The van der Waals surface area contributed by atoms with Gasteiger partial charge in [0.1, 0.15) is 22.9 Å². The number of carboxylic acids is 1. The van der Waals surface area contributed by atoms with Crippen LogP contribution in [0.2, 0.25) is 0 Å². The Balaban J connectivity index is 2.38. The number of hydrogen-bond acceptors (Lipinski definition) is 4. The zero-order chi connectivity index (χ0) is 15.6. The van der Waals surface area contributed by atoms with Gasteiger partial charge in [0.05, 0.1) is 5.56 Å². The summed E-state index contributed by atoms with van der Waals surface area (Å²) in [7, 11) is 0. The molecule has 0 bridgehead atoms. The van der Waals surface area contributed by atoms with Gasteiger partial charge in [0.25, 0.3) is 5.91 Å². The second kappa shape index (κ2) is 5.49. The normalized spacial score (nSPS) is 10.1. The third-order valence-electron chi connectivity index (χ3n) is 2.67. The average molecular weight is 290 g/mol. The monoisotopic (exact) mass is 290 g/mol. The number of halogens is 1. The highest BCUT2D eigenvalue weighted by Gasteiger charge is 2.14. The van der Waals surface area contributed by atoms with Crippen LogP contribution in [-0.4, -0.2) is 17.0 Å². The number of carbonyl (C=O) groups excluding carboxylic acids is 1. The van der Waals surface area contributed by atoms with Gasteiger partial charge in [-0.25, -0.2) is 9.18 Å². The molecule has 0 aliphatic heterocycles. The van der Waals surface area contributed by atoms with E-state index >= 15 is 0 Å². The van der Waals surface area contributed by atoms with Gasteiger partial charge in [-0.05, 0) is 24.3 Å². The highest BCUT2D eigenvalue weighted by Crippen LogP contribution is 2.28. The minimum Gasteiger partial charge on any atom is -0.478 e. The van der Waals surface area contributed by atoms with Crippen LogP contribution in [0.3, 0.4) is 0 Å². The fourth-order valence-corrected chi connectivity index (χ4v) is 1.69. The maximum Gasteiger partial charge on any atom is 0.339 e. The third kappa shape index (κ3) is 3.08. The minimum absolute atomic E-state index is 0.0191. The minimum atomic E-state index is -1.21. The molecule has 0 fully saturated rings. The van der Waals surface area contributed by atoms with Crippen LogP contribution >= 0.6 is 0 Å². The number of ether oxygens (including phenoxy) is 1. The Morgan fingerprint density at radius 3 is 2.33 bits per heavy atom. The van der Waals surface area contributed by atoms with Crippen LogP contribution in [0, 0.1) is 5.82 Å². The fraction of sp³-hybridized carbons (Fsp3) is 0. The summed E-state index contributed by atoms with van der Waals surface area (Å²) in [5.41, 5.74) is 10.4. The van der Waals surface area contributed by atoms with Crippen LogP contribution in [0.25, 0.3) is 0 Å². The Labute approximate surface area is 118 Å². The topological polar surface area (TPSA) is 116 Å². The van der Waals surface area contributed by atoms with E-state index in [4.69, 9.17) is 21.3 Å². The third-order valence-corrected chi connectivity index (χ3v) is 2.67. The molecular formula is C14H11FN2O4. The molecule has 21 heavy (non-hydrogen) atoms. The summed E-state index contributed by atoms with van der Waals surface area (Å²) in [5.74, 6) is -2.99. The zero-order valence-corrected chi connectivity index (χ0v) is 10.7. The van der Waals surface area contributed by atoms with E-state index in [0.29, 0.717) is 5.69 Å². The lowest BCUT2D eigenvalue weighted by molar-refractivity contribution is 0.0694. The molecule has 0 radical (unpaired) electrons. The quantitative estimate of drug-likeness (QED) is 0.745. The van der Waals surface area contributed by atoms with Gasteiger partial charge in [0.2, 0.25) is 0 Å². The van der Waals surface area contributed by atoms with Crippen molar-refractivity contribution in [3.05, 3.63) is 53.3 Å². The van der Waals surface area contributed by atoms with Crippen molar-refractivity contribution in [1.82, 2.24) is 0 Å².